The van der Waals surface area contributed by atoms with Gasteiger partial charge in [-0.25, -0.2) is 0 Å². The van der Waals surface area contributed by atoms with E-state index in [1.807, 2.05) is 18.2 Å². The lowest BCUT2D eigenvalue weighted by atomic mass is 9.86. The summed E-state index contributed by atoms with van der Waals surface area (Å²) in [5.74, 6) is 7.28. The van der Waals surface area contributed by atoms with Crippen LogP contribution in [0.4, 0.5) is 0 Å². The second-order valence-electron chi connectivity index (χ2n) is 5.36. The van der Waals surface area contributed by atoms with Crippen LogP contribution in [0.1, 0.15) is 51.1 Å². The van der Waals surface area contributed by atoms with Crippen molar-refractivity contribution < 1.29 is 9.47 Å². The lowest BCUT2D eigenvalue weighted by Crippen LogP contribution is -2.34. The Morgan fingerprint density at radius 2 is 1.76 bits per heavy atom. The monoisotopic (exact) mass is 294 g/mol. The Morgan fingerprint density at radius 3 is 2.33 bits per heavy atom. The molecule has 0 amide bonds. The maximum Gasteiger partial charge on any atom is 0.124 e. The Hall–Kier alpha value is -1.10. The van der Waals surface area contributed by atoms with Crippen LogP contribution in [-0.4, -0.2) is 20.3 Å². The van der Waals surface area contributed by atoms with Gasteiger partial charge in [-0.15, -0.1) is 0 Å². The summed E-state index contributed by atoms with van der Waals surface area (Å²) in [6.45, 7) is 5.58. The standard InChI is InChI=1S/C17H30N2O2/c1-4-8-14(9-5-2)17(19-18)15-10-6-7-11-16(15)21-13-12-20-3/h6-7,10-11,14,17,19H,4-5,8-9,12-13,18H2,1-3H3. The van der Waals surface area contributed by atoms with Crippen LogP contribution >= 0.6 is 0 Å². The average Bonchev–Trinajstić information content (AvgIpc) is 2.50. The van der Waals surface area contributed by atoms with E-state index >= 15 is 0 Å². The molecule has 0 heterocycles. The normalized spacial score (nSPS) is 12.6. The van der Waals surface area contributed by atoms with Crippen molar-refractivity contribution in [1.82, 2.24) is 5.43 Å². The van der Waals surface area contributed by atoms with Crippen molar-refractivity contribution >= 4 is 0 Å². The molecule has 3 N–H and O–H groups in total. The van der Waals surface area contributed by atoms with E-state index in [-0.39, 0.29) is 6.04 Å². The summed E-state index contributed by atoms with van der Waals surface area (Å²) in [7, 11) is 1.68. The number of hydrogen-bond donors (Lipinski definition) is 2. The molecule has 0 saturated heterocycles. The number of nitrogens with one attached hydrogen (secondary N) is 1. The maximum atomic E-state index is 5.86. The molecule has 4 nitrogen and oxygen atoms in total. The van der Waals surface area contributed by atoms with Crippen molar-refractivity contribution in [1.29, 1.82) is 0 Å². The van der Waals surface area contributed by atoms with Gasteiger partial charge in [0.2, 0.25) is 0 Å². The fourth-order valence-electron chi connectivity index (χ4n) is 2.80. The minimum Gasteiger partial charge on any atom is -0.491 e. The molecular formula is C17H30N2O2. The zero-order valence-electron chi connectivity index (χ0n) is 13.6. The molecule has 1 aromatic rings. The summed E-state index contributed by atoms with van der Waals surface area (Å²) in [6, 6.07) is 8.27. The quantitative estimate of drug-likeness (QED) is 0.373. The molecule has 0 aliphatic heterocycles. The van der Waals surface area contributed by atoms with E-state index in [1.165, 1.54) is 0 Å². The van der Waals surface area contributed by atoms with Gasteiger partial charge in [0.15, 0.2) is 0 Å². The fourth-order valence-corrected chi connectivity index (χ4v) is 2.80. The Balaban J connectivity index is 2.91. The van der Waals surface area contributed by atoms with Gasteiger partial charge in [-0.1, -0.05) is 44.9 Å². The molecule has 0 radical (unpaired) electrons. The molecule has 0 spiro atoms. The first-order chi connectivity index (χ1) is 10.3. The molecule has 0 saturated carbocycles. The van der Waals surface area contributed by atoms with Crippen LogP contribution in [-0.2, 0) is 4.74 Å². The molecular weight excluding hydrogens is 264 g/mol. The second kappa shape index (κ2) is 10.6. The zero-order chi connectivity index (χ0) is 15.5. The molecule has 1 unspecified atom stereocenters. The highest BCUT2D eigenvalue weighted by atomic mass is 16.5. The lowest BCUT2D eigenvalue weighted by Gasteiger charge is -2.28. The molecule has 120 valence electrons. The minimum absolute atomic E-state index is 0.128. The minimum atomic E-state index is 0.128. The topological polar surface area (TPSA) is 56.5 Å². The lowest BCUT2D eigenvalue weighted by molar-refractivity contribution is 0.144. The zero-order valence-corrected chi connectivity index (χ0v) is 13.6. The van der Waals surface area contributed by atoms with E-state index in [4.69, 9.17) is 15.3 Å². The number of methoxy groups -OCH3 is 1. The molecule has 21 heavy (non-hydrogen) atoms. The van der Waals surface area contributed by atoms with Crippen LogP contribution in [0.15, 0.2) is 24.3 Å². The predicted octanol–water partition coefficient (Wildman–Crippen LogP) is 3.43. The highest BCUT2D eigenvalue weighted by Gasteiger charge is 2.23. The van der Waals surface area contributed by atoms with Crippen molar-refractivity contribution in [2.75, 3.05) is 20.3 Å². The third kappa shape index (κ3) is 5.65. The van der Waals surface area contributed by atoms with Gasteiger partial charge in [-0.2, -0.15) is 0 Å². The van der Waals surface area contributed by atoms with Gasteiger partial charge >= 0.3 is 0 Å². The molecule has 0 aliphatic rings. The third-order valence-corrected chi connectivity index (χ3v) is 3.77. The number of ether oxygens (including phenoxy) is 2. The Labute approximate surface area is 129 Å². The summed E-state index contributed by atoms with van der Waals surface area (Å²) in [4.78, 5) is 0. The third-order valence-electron chi connectivity index (χ3n) is 3.77. The van der Waals surface area contributed by atoms with E-state index in [1.54, 1.807) is 7.11 Å². The molecule has 0 fully saturated rings. The summed E-state index contributed by atoms with van der Waals surface area (Å²) in [6.07, 6.45) is 4.65. The highest BCUT2D eigenvalue weighted by Crippen LogP contribution is 2.34. The van der Waals surface area contributed by atoms with Gasteiger partial charge < -0.3 is 9.47 Å². The first-order valence-electron chi connectivity index (χ1n) is 7.95. The van der Waals surface area contributed by atoms with Crippen molar-refractivity contribution in [3.05, 3.63) is 29.8 Å². The van der Waals surface area contributed by atoms with E-state index in [9.17, 15) is 0 Å². The number of hydrazine groups is 1. The highest BCUT2D eigenvalue weighted by molar-refractivity contribution is 5.36. The Morgan fingerprint density at radius 1 is 1.10 bits per heavy atom. The van der Waals surface area contributed by atoms with Gasteiger partial charge in [0.1, 0.15) is 12.4 Å². The van der Waals surface area contributed by atoms with E-state index in [0.717, 1.165) is 37.0 Å². The molecule has 4 heteroatoms. The summed E-state index contributed by atoms with van der Waals surface area (Å²) in [5.41, 5.74) is 4.15. The number of hydrogen-bond acceptors (Lipinski definition) is 4. The first-order valence-corrected chi connectivity index (χ1v) is 7.95. The van der Waals surface area contributed by atoms with Gasteiger partial charge in [-0.05, 0) is 24.8 Å². The second-order valence-corrected chi connectivity index (χ2v) is 5.36. The Bertz CT molecular complexity index is 379. The molecule has 1 atom stereocenters. The summed E-state index contributed by atoms with van der Waals surface area (Å²) >= 11 is 0. The largest absolute Gasteiger partial charge is 0.491 e. The van der Waals surface area contributed by atoms with Crippen molar-refractivity contribution in [2.24, 2.45) is 11.8 Å². The number of nitrogens with two attached hydrogens (primary N) is 1. The van der Waals surface area contributed by atoms with Crippen molar-refractivity contribution in [2.45, 2.75) is 45.6 Å². The van der Waals surface area contributed by atoms with Crippen molar-refractivity contribution in [3.8, 4) is 5.75 Å². The van der Waals surface area contributed by atoms with E-state index in [0.29, 0.717) is 19.1 Å². The van der Waals surface area contributed by atoms with Crippen LogP contribution in [0.2, 0.25) is 0 Å². The van der Waals surface area contributed by atoms with Gasteiger partial charge in [-0.3, -0.25) is 11.3 Å². The fraction of sp³-hybridized carbons (Fsp3) is 0.647. The predicted molar refractivity (Wildman–Crippen MR) is 87.2 cm³/mol. The molecule has 1 aromatic carbocycles. The van der Waals surface area contributed by atoms with Crippen LogP contribution in [0.25, 0.3) is 0 Å². The molecule has 0 aromatic heterocycles. The molecule has 0 aliphatic carbocycles. The SMILES string of the molecule is CCCC(CCC)C(NN)c1ccccc1OCCOC. The van der Waals surface area contributed by atoms with E-state index < -0.39 is 0 Å². The van der Waals surface area contributed by atoms with E-state index in [2.05, 4.69) is 25.3 Å². The average molecular weight is 294 g/mol. The van der Waals surface area contributed by atoms with Crippen molar-refractivity contribution in [3.63, 3.8) is 0 Å². The number of rotatable bonds is 11. The maximum absolute atomic E-state index is 5.86. The Kier molecular flexibility index (Phi) is 9.06. The number of benzene rings is 1. The van der Waals surface area contributed by atoms with Crippen LogP contribution in [0.3, 0.4) is 0 Å². The van der Waals surface area contributed by atoms with Gasteiger partial charge in [0.25, 0.3) is 0 Å². The van der Waals surface area contributed by atoms with Gasteiger partial charge in [0.05, 0.1) is 12.6 Å². The van der Waals surface area contributed by atoms with Gasteiger partial charge in [0, 0.05) is 12.7 Å². The first kappa shape index (κ1) is 18.0. The molecule has 1 rings (SSSR count). The van der Waals surface area contributed by atoms with Crippen LogP contribution in [0.5, 0.6) is 5.75 Å². The summed E-state index contributed by atoms with van der Waals surface area (Å²) < 4.78 is 10.9. The summed E-state index contributed by atoms with van der Waals surface area (Å²) in [5, 5.41) is 0. The number of para-hydroxylation sites is 1. The molecule has 0 bridgehead atoms. The smallest absolute Gasteiger partial charge is 0.124 e. The van der Waals surface area contributed by atoms with Crippen LogP contribution < -0.4 is 16.0 Å². The van der Waals surface area contributed by atoms with Crippen LogP contribution in [0, 0.1) is 5.92 Å².